The Labute approximate surface area is 88.4 Å². The van der Waals surface area contributed by atoms with Gasteiger partial charge < -0.3 is 5.11 Å². The molecule has 3 heteroatoms. The highest BCUT2D eigenvalue weighted by molar-refractivity contribution is 7.80. The zero-order chi connectivity index (χ0) is 10.6. The van der Waals surface area contributed by atoms with E-state index in [9.17, 15) is 4.79 Å². The number of aromatic carboxylic acids is 1. The van der Waals surface area contributed by atoms with Crippen LogP contribution in [0.15, 0.2) is 18.2 Å². The molecule has 0 saturated carbocycles. The van der Waals surface area contributed by atoms with Crippen LogP contribution < -0.4 is 0 Å². The van der Waals surface area contributed by atoms with Crippen molar-refractivity contribution in [2.45, 2.75) is 6.92 Å². The maximum Gasteiger partial charge on any atom is 0.336 e. The van der Waals surface area contributed by atoms with Gasteiger partial charge in [-0.1, -0.05) is 24.0 Å². The van der Waals surface area contributed by atoms with E-state index in [4.69, 9.17) is 5.11 Å². The maximum absolute atomic E-state index is 10.9. The summed E-state index contributed by atoms with van der Waals surface area (Å²) in [5.41, 5.74) is 1.70. The highest BCUT2D eigenvalue weighted by Gasteiger charge is 2.09. The lowest BCUT2D eigenvalue weighted by atomic mass is 10.0. The molecular formula is C11H10O2S. The van der Waals surface area contributed by atoms with Crippen LogP contribution in [0.2, 0.25) is 0 Å². The average Bonchev–Trinajstić information content (AvgIpc) is 2.15. The molecule has 1 N–H and O–H groups in total. The molecule has 1 aromatic rings. The fourth-order valence-electron chi connectivity index (χ4n) is 1.14. The molecule has 2 nitrogen and oxygen atoms in total. The molecule has 0 aliphatic carbocycles. The van der Waals surface area contributed by atoms with Gasteiger partial charge in [-0.05, 0) is 18.6 Å². The van der Waals surface area contributed by atoms with Crippen LogP contribution in [0.25, 0.3) is 0 Å². The molecule has 0 radical (unpaired) electrons. The van der Waals surface area contributed by atoms with Crippen molar-refractivity contribution < 1.29 is 9.90 Å². The van der Waals surface area contributed by atoms with E-state index in [2.05, 4.69) is 24.5 Å². The Morgan fingerprint density at radius 1 is 1.57 bits per heavy atom. The highest BCUT2D eigenvalue weighted by atomic mass is 32.1. The number of thiol groups is 1. The van der Waals surface area contributed by atoms with Crippen LogP contribution in [0.5, 0.6) is 0 Å². The topological polar surface area (TPSA) is 37.3 Å². The van der Waals surface area contributed by atoms with E-state index in [0.717, 1.165) is 5.56 Å². The third-order valence-electron chi connectivity index (χ3n) is 1.80. The van der Waals surface area contributed by atoms with Gasteiger partial charge in [0, 0.05) is 5.56 Å². The first kappa shape index (κ1) is 10.7. The van der Waals surface area contributed by atoms with Crippen LogP contribution in [0, 0.1) is 18.8 Å². The van der Waals surface area contributed by atoms with Gasteiger partial charge in [0.25, 0.3) is 0 Å². The van der Waals surface area contributed by atoms with Crippen molar-refractivity contribution in [3.8, 4) is 11.8 Å². The first-order valence-electron chi connectivity index (χ1n) is 4.09. The van der Waals surface area contributed by atoms with Crippen LogP contribution in [-0.2, 0) is 0 Å². The van der Waals surface area contributed by atoms with Gasteiger partial charge in [0.2, 0.25) is 0 Å². The number of rotatable bonds is 1. The van der Waals surface area contributed by atoms with E-state index in [1.165, 1.54) is 0 Å². The summed E-state index contributed by atoms with van der Waals surface area (Å²) in [6, 6.07) is 5.11. The van der Waals surface area contributed by atoms with Gasteiger partial charge in [0.1, 0.15) is 0 Å². The second-order valence-electron chi connectivity index (χ2n) is 2.76. The molecule has 0 spiro atoms. The number of carboxylic acid groups (broad SMARTS) is 1. The summed E-state index contributed by atoms with van der Waals surface area (Å²) in [4.78, 5) is 10.9. The summed E-state index contributed by atoms with van der Waals surface area (Å²) in [6.45, 7) is 1.84. The fraction of sp³-hybridized carbons (Fsp3) is 0.182. The molecule has 0 aliphatic rings. The van der Waals surface area contributed by atoms with Crippen LogP contribution in [0.1, 0.15) is 21.5 Å². The van der Waals surface area contributed by atoms with E-state index >= 15 is 0 Å². The second kappa shape index (κ2) is 4.73. The summed E-state index contributed by atoms with van der Waals surface area (Å²) in [6.07, 6.45) is 0. The number of carbonyl (C=O) groups is 1. The quantitative estimate of drug-likeness (QED) is 0.544. The van der Waals surface area contributed by atoms with Crippen LogP contribution in [0.4, 0.5) is 0 Å². The summed E-state index contributed by atoms with van der Waals surface area (Å²) >= 11 is 3.95. The summed E-state index contributed by atoms with van der Waals surface area (Å²) in [7, 11) is 0. The molecule has 72 valence electrons. The van der Waals surface area contributed by atoms with Crippen molar-refractivity contribution in [3.05, 3.63) is 34.9 Å². The molecule has 1 rings (SSSR count). The minimum absolute atomic E-state index is 0.249. The summed E-state index contributed by atoms with van der Waals surface area (Å²) in [5, 5.41) is 8.90. The number of hydrogen-bond donors (Lipinski definition) is 2. The third kappa shape index (κ3) is 2.30. The standard InChI is InChI=1S/C11H10O2S/c1-8-4-2-5-10(11(12)13)9(8)6-3-7-14/h2,4-5,14H,7H2,1H3,(H,12,13). The van der Waals surface area contributed by atoms with Crippen LogP contribution in [-0.4, -0.2) is 16.8 Å². The lowest BCUT2D eigenvalue weighted by molar-refractivity contribution is 0.0696. The predicted molar refractivity (Wildman–Crippen MR) is 58.9 cm³/mol. The summed E-state index contributed by atoms with van der Waals surface area (Å²) < 4.78 is 0. The Balaban J connectivity index is 3.29. The molecule has 14 heavy (non-hydrogen) atoms. The maximum atomic E-state index is 10.9. The van der Waals surface area contributed by atoms with Gasteiger partial charge in [-0.25, -0.2) is 4.79 Å². The molecule has 0 aromatic heterocycles. The van der Waals surface area contributed by atoms with E-state index in [0.29, 0.717) is 11.3 Å². The van der Waals surface area contributed by atoms with Gasteiger partial charge in [-0.2, -0.15) is 12.6 Å². The van der Waals surface area contributed by atoms with Gasteiger partial charge in [-0.3, -0.25) is 0 Å². The van der Waals surface area contributed by atoms with E-state index in [1.54, 1.807) is 12.1 Å². The molecule has 0 heterocycles. The van der Waals surface area contributed by atoms with Crippen molar-refractivity contribution in [2.75, 3.05) is 5.75 Å². The van der Waals surface area contributed by atoms with Crippen molar-refractivity contribution >= 4 is 18.6 Å². The molecule has 0 aliphatic heterocycles. The molecule has 0 atom stereocenters. The van der Waals surface area contributed by atoms with Crippen LogP contribution in [0.3, 0.4) is 0 Å². The molecule has 0 saturated heterocycles. The van der Waals surface area contributed by atoms with Gasteiger partial charge in [-0.15, -0.1) is 0 Å². The Morgan fingerprint density at radius 2 is 2.29 bits per heavy atom. The zero-order valence-corrected chi connectivity index (χ0v) is 8.64. The normalized spacial score (nSPS) is 9.00. The molecule has 0 unspecified atom stereocenters. The predicted octanol–water partition coefficient (Wildman–Crippen LogP) is 1.97. The molecular weight excluding hydrogens is 196 g/mol. The lowest BCUT2D eigenvalue weighted by Crippen LogP contribution is -2.01. The van der Waals surface area contributed by atoms with E-state index in [-0.39, 0.29) is 5.56 Å². The van der Waals surface area contributed by atoms with Crippen molar-refractivity contribution in [2.24, 2.45) is 0 Å². The SMILES string of the molecule is Cc1cccc(C(=O)O)c1C#CCS. The van der Waals surface area contributed by atoms with Crippen molar-refractivity contribution in [1.82, 2.24) is 0 Å². The first-order chi connectivity index (χ1) is 6.66. The van der Waals surface area contributed by atoms with Gasteiger partial charge in [0.15, 0.2) is 0 Å². The molecule has 1 aromatic carbocycles. The number of aryl methyl sites for hydroxylation is 1. The fourth-order valence-corrected chi connectivity index (χ4v) is 1.22. The second-order valence-corrected chi connectivity index (χ2v) is 3.08. The van der Waals surface area contributed by atoms with E-state index < -0.39 is 5.97 Å². The van der Waals surface area contributed by atoms with Crippen molar-refractivity contribution in [3.63, 3.8) is 0 Å². The minimum Gasteiger partial charge on any atom is -0.478 e. The molecule has 0 amide bonds. The molecule has 0 bridgehead atoms. The number of hydrogen-bond acceptors (Lipinski definition) is 2. The number of benzene rings is 1. The van der Waals surface area contributed by atoms with E-state index in [1.807, 2.05) is 13.0 Å². The Bertz CT molecular complexity index is 413. The van der Waals surface area contributed by atoms with Crippen molar-refractivity contribution in [1.29, 1.82) is 0 Å². The first-order valence-corrected chi connectivity index (χ1v) is 4.72. The highest BCUT2D eigenvalue weighted by Crippen LogP contribution is 2.12. The Morgan fingerprint density at radius 3 is 2.86 bits per heavy atom. The smallest absolute Gasteiger partial charge is 0.336 e. The zero-order valence-electron chi connectivity index (χ0n) is 7.74. The van der Waals surface area contributed by atoms with Gasteiger partial charge in [0.05, 0.1) is 11.3 Å². The van der Waals surface area contributed by atoms with Crippen LogP contribution >= 0.6 is 12.6 Å². The largest absolute Gasteiger partial charge is 0.478 e. The lowest BCUT2D eigenvalue weighted by Gasteiger charge is -2.01. The number of carboxylic acids is 1. The van der Waals surface area contributed by atoms with Gasteiger partial charge >= 0.3 is 5.97 Å². The summed E-state index contributed by atoms with van der Waals surface area (Å²) in [5.74, 6) is 5.03. The Kier molecular flexibility index (Phi) is 3.61. The minimum atomic E-state index is -0.947. The third-order valence-corrected chi connectivity index (χ3v) is 1.95. The monoisotopic (exact) mass is 206 g/mol. The molecule has 0 fully saturated rings. The average molecular weight is 206 g/mol. The Hall–Kier alpha value is -1.40.